The van der Waals surface area contributed by atoms with Gasteiger partial charge in [-0.25, -0.2) is 9.59 Å². The third-order valence-electron chi connectivity index (χ3n) is 3.73. The van der Waals surface area contributed by atoms with Crippen molar-refractivity contribution in [2.75, 3.05) is 6.61 Å². The minimum Gasteiger partial charge on any atom is -0.450 e. The zero-order chi connectivity index (χ0) is 19.8. The number of hydrogen-bond donors (Lipinski definition) is 0. The van der Waals surface area contributed by atoms with Crippen LogP contribution in [-0.2, 0) is 19.1 Å². The van der Waals surface area contributed by atoms with E-state index in [0.717, 1.165) is 16.7 Å². The molecule has 0 aromatic carbocycles. The second-order valence-electron chi connectivity index (χ2n) is 6.20. The third-order valence-corrected chi connectivity index (χ3v) is 3.73. The Hall–Kier alpha value is -3.32. The molecule has 0 aromatic heterocycles. The van der Waals surface area contributed by atoms with E-state index in [1.807, 2.05) is 36.5 Å². The summed E-state index contributed by atoms with van der Waals surface area (Å²) in [5.41, 5.74) is 3.67. The Morgan fingerprint density at radius 3 is 2.41 bits per heavy atom. The van der Waals surface area contributed by atoms with E-state index in [-0.39, 0.29) is 6.61 Å². The van der Waals surface area contributed by atoms with Crippen molar-refractivity contribution in [2.24, 2.45) is 0 Å². The molecule has 0 aromatic rings. The fourth-order valence-corrected chi connectivity index (χ4v) is 2.24. The summed E-state index contributed by atoms with van der Waals surface area (Å²) in [4.78, 5) is 23.0. The van der Waals surface area contributed by atoms with Gasteiger partial charge in [0.1, 0.15) is 6.10 Å². The first kappa shape index (κ1) is 20.0. The van der Waals surface area contributed by atoms with Crippen LogP contribution in [0.15, 0.2) is 83.6 Å². The number of allylic oxidation sites excluding steroid dienone is 8. The SMILES string of the molecule is C=C(C)C(=O)OCC#CC1=CC=C2C=CC(OC(=O)C(=C)C)C=CC2=CC1. The van der Waals surface area contributed by atoms with Crippen molar-refractivity contribution < 1.29 is 19.1 Å². The highest BCUT2D eigenvalue weighted by molar-refractivity contribution is 5.87. The van der Waals surface area contributed by atoms with Crippen molar-refractivity contribution in [1.82, 2.24) is 0 Å². The molecular weight excluding hydrogens is 340 g/mol. The van der Waals surface area contributed by atoms with Crippen LogP contribution in [0.5, 0.6) is 0 Å². The van der Waals surface area contributed by atoms with E-state index >= 15 is 0 Å². The van der Waals surface area contributed by atoms with E-state index in [1.165, 1.54) is 0 Å². The molecule has 138 valence electrons. The highest BCUT2D eigenvalue weighted by Crippen LogP contribution is 2.23. The van der Waals surface area contributed by atoms with Crippen molar-refractivity contribution in [3.63, 3.8) is 0 Å². The molecule has 0 fully saturated rings. The minimum atomic E-state index is -0.442. The first-order chi connectivity index (χ1) is 12.9. The summed E-state index contributed by atoms with van der Waals surface area (Å²) < 4.78 is 10.3. The van der Waals surface area contributed by atoms with E-state index in [2.05, 4.69) is 31.1 Å². The molecule has 0 saturated heterocycles. The fourth-order valence-electron chi connectivity index (χ4n) is 2.24. The normalized spacial score (nSPS) is 17.6. The summed E-state index contributed by atoms with van der Waals surface area (Å²) in [6.07, 6.45) is 13.7. The van der Waals surface area contributed by atoms with Crippen LogP contribution in [0.25, 0.3) is 0 Å². The second-order valence-corrected chi connectivity index (χ2v) is 6.20. The molecule has 0 heterocycles. The molecule has 0 amide bonds. The summed E-state index contributed by atoms with van der Waals surface area (Å²) in [6, 6.07) is 0. The van der Waals surface area contributed by atoms with Gasteiger partial charge in [-0.3, -0.25) is 0 Å². The molecule has 4 nitrogen and oxygen atoms in total. The van der Waals surface area contributed by atoms with Crippen molar-refractivity contribution in [2.45, 2.75) is 26.4 Å². The topological polar surface area (TPSA) is 52.6 Å². The summed E-state index contributed by atoms with van der Waals surface area (Å²) in [6.45, 7) is 10.4. The Kier molecular flexibility index (Phi) is 6.96. The Morgan fingerprint density at radius 1 is 1.07 bits per heavy atom. The van der Waals surface area contributed by atoms with Crippen molar-refractivity contribution >= 4 is 11.9 Å². The predicted molar refractivity (Wildman–Crippen MR) is 105 cm³/mol. The van der Waals surface area contributed by atoms with Gasteiger partial charge in [0.15, 0.2) is 6.61 Å². The highest BCUT2D eigenvalue weighted by Gasteiger charge is 2.13. The zero-order valence-electron chi connectivity index (χ0n) is 15.6. The third kappa shape index (κ3) is 6.16. The smallest absolute Gasteiger partial charge is 0.334 e. The maximum Gasteiger partial charge on any atom is 0.334 e. The zero-order valence-corrected chi connectivity index (χ0v) is 15.6. The van der Waals surface area contributed by atoms with Gasteiger partial charge in [0, 0.05) is 16.7 Å². The van der Waals surface area contributed by atoms with E-state index in [9.17, 15) is 9.59 Å². The lowest BCUT2D eigenvalue weighted by molar-refractivity contribution is -0.140. The maximum atomic E-state index is 11.7. The summed E-state index contributed by atoms with van der Waals surface area (Å²) in [5, 5.41) is 0. The lowest BCUT2D eigenvalue weighted by Crippen LogP contribution is -2.13. The fraction of sp³-hybridized carbons (Fsp3) is 0.217. The van der Waals surface area contributed by atoms with Crippen LogP contribution in [0, 0.1) is 11.8 Å². The Bertz CT molecular complexity index is 879. The number of carbonyl (C=O) groups excluding carboxylic acids is 2. The number of fused-ring (bicyclic) bond motifs is 1. The van der Waals surface area contributed by atoms with Gasteiger partial charge in [-0.15, -0.1) is 0 Å². The quantitative estimate of drug-likeness (QED) is 0.432. The molecule has 1 unspecified atom stereocenters. The molecule has 2 aliphatic rings. The Morgan fingerprint density at radius 2 is 1.74 bits per heavy atom. The van der Waals surface area contributed by atoms with Crippen LogP contribution in [0.4, 0.5) is 0 Å². The Balaban J connectivity index is 2.04. The number of ether oxygens (including phenoxy) is 2. The summed E-state index contributed by atoms with van der Waals surface area (Å²) in [5.74, 6) is 5.00. The van der Waals surface area contributed by atoms with Crippen molar-refractivity contribution in [1.29, 1.82) is 0 Å². The van der Waals surface area contributed by atoms with Gasteiger partial charge >= 0.3 is 11.9 Å². The minimum absolute atomic E-state index is 0.0335. The van der Waals surface area contributed by atoms with E-state index in [4.69, 9.17) is 9.47 Å². The van der Waals surface area contributed by atoms with Gasteiger partial charge in [0.2, 0.25) is 0 Å². The molecule has 0 saturated carbocycles. The maximum absolute atomic E-state index is 11.7. The molecule has 0 bridgehead atoms. The average molecular weight is 362 g/mol. The molecule has 0 spiro atoms. The molecule has 0 aliphatic heterocycles. The predicted octanol–water partition coefficient (Wildman–Crippen LogP) is 3.91. The molecular formula is C23H22O4. The number of esters is 2. The molecule has 2 rings (SSSR count). The van der Waals surface area contributed by atoms with E-state index in [1.54, 1.807) is 13.8 Å². The first-order valence-electron chi connectivity index (χ1n) is 8.52. The molecule has 2 aliphatic carbocycles. The van der Waals surface area contributed by atoms with Crippen molar-refractivity contribution in [3.8, 4) is 11.8 Å². The number of rotatable bonds is 4. The van der Waals surface area contributed by atoms with Crippen LogP contribution in [0.3, 0.4) is 0 Å². The second kappa shape index (κ2) is 9.40. The molecule has 27 heavy (non-hydrogen) atoms. The van der Waals surface area contributed by atoms with Gasteiger partial charge in [0.25, 0.3) is 0 Å². The summed E-state index contributed by atoms with van der Waals surface area (Å²) >= 11 is 0. The van der Waals surface area contributed by atoms with Gasteiger partial charge in [-0.05, 0) is 49.6 Å². The van der Waals surface area contributed by atoms with Gasteiger partial charge in [-0.1, -0.05) is 49.3 Å². The molecule has 1 atom stereocenters. The van der Waals surface area contributed by atoms with Gasteiger partial charge in [0.05, 0.1) is 0 Å². The largest absolute Gasteiger partial charge is 0.450 e. The van der Waals surface area contributed by atoms with Crippen LogP contribution < -0.4 is 0 Å². The van der Waals surface area contributed by atoms with E-state index < -0.39 is 18.0 Å². The average Bonchev–Trinajstić information content (AvgIpc) is 2.93. The number of hydrogen-bond acceptors (Lipinski definition) is 4. The van der Waals surface area contributed by atoms with E-state index in [0.29, 0.717) is 17.6 Å². The summed E-state index contributed by atoms with van der Waals surface area (Å²) in [7, 11) is 0. The standard InChI is InChI=1S/C23H22O4/c1-16(2)22(24)26-15-5-6-18-7-9-19-11-13-21(27-23(25)17(3)4)14-12-20(19)10-8-18/h7,9-14,21H,1,3,8,15H2,2,4H3. The first-order valence-corrected chi connectivity index (χ1v) is 8.52. The van der Waals surface area contributed by atoms with Crippen LogP contribution in [-0.4, -0.2) is 24.6 Å². The molecule has 0 N–H and O–H groups in total. The lowest BCUT2D eigenvalue weighted by Gasteiger charge is -2.08. The van der Waals surface area contributed by atoms with Crippen molar-refractivity contribution in [3.05, 3.63) is 83.6 Å². The monoisotopic (exact) mass is 362 g/mol. The molecule has 0 radical (unpaired) electrons. The van der Waals surface area contributed by atoms with Crippen LogP contribution >= 0.6 is 0 Å². The molecule has 4 heteroatoms. The Labute approximate surface area is 159 Å². The number of carbonyl (C=O) groups is 2. The lowest BCUT2D eigenvalue weighted by atomic mass is 10.1. The van der Waals surface area contributed by atoms with Gasteiger partial charge in [-0.2, -0.15) is 0 Å². The van der Waals surface area contributed by atoms with Gasteiger partial charge < -0.3 is 9.47 Å². The van der Waals surface area contributed by atoms with Crippen LogP contribution in [0.1, 0.15) is 20.3 Å². The van der Waals surface area contributed by atoms with Crippen LogP contribution in [0.2, 0.25) is 0 Å². The highest BCUT2D eigenvalue weighted by atomic mass is 16.5.